The number of non-ortho nitro benzene ring substituents is 1. The van der Waals surface area contributed by atoms with Crippen molar-refractivity contribution in [3.05, 3.63) is 39.9 Å². The number of ether oxygens (including phenoxy) is 1. The fourth-order valence-electron chi connectivity index (χ4n) is 3.81. The van der Waals surface area contributed by atoms with E-state index in [9.17, 15) is 10.1 Å². The van der Waals surface area contributed by atoms with E-state index in [1.54, 1.807) is 12.1 Å². The second kappa shape index (κ2) is 10.4. The molecule has 0 aromatic heterocycles. The Kier molecular flexibility index (Phi) is 7.62. The molecule has 8 heteroatoms. The molecular weight excluding hydrogens is 358 g/mol. The molecule has 2 fully saturated rings. The van der Waals surface area contributed by atoms with Crippen LogP contribution in [0.15, 0.2) is 29.3 Å². The topological polar surface area (TPSA) is 92.0 Å². The highest BCUT2D eigenvalue weighted by Crippen LogP contribution is 2.16. The number of nitro groups is 1. The van der Waals surface area contributed by atoms with Crippen molar-refractivity contribution in [2.45, 2.75) is 38.8 Å². The zero-order valence-electron chi connectivity index (χ0n) is 16.6. The lowest BCUT2D eigenvalue weighted by molar-refractivity contribution is -0.384. The van der Waals surface area contributed by atoms with E-state index in [0.29, 0.717) is 18.5 Å². The van der Waals surface area contributed by atoms with E-state index in [2.05, 4.69) is 22.5 Å². The van der Waals surface area contributed by atoms with Gasteiger partial charge in [0.15, 0.2) is 5.96 Å². The normalized spacial score (nSPS) is 23.1. The Labute approximate surface area is 166 Å². The Morgan fingerprint density at radius 1 is 1.29 bits per heavy atom. The number of likely N-dealkylation sites (tertiary alicyclic amines) is 1. The molecular formula is C20H31N5O3. The molecule has 28 heavy (non-hydrogen) atoms. The fraction of sp³-hybridized carbons (Fsp3) is 0.650. The van der Waals surface area contributed by atoms with Crippen molar-refractivity contribution in [1.29, 1.82) is 0 Å². The maximum absolute atomic E-state index is 10.8. The Morgan fingerprint density at radius 3 is 2.75 bits per heavy atom. The lowest BCUT2D eigenvalue weighted by Gasteiger charge is -2.24. The quantitative estimate of drug-likeness (QED) is 0.306. The molecule has 3 rings (SSSR count). The highest BCUT2D eigenvalue weighted by atomic mass is 16.6. The van der Waals surface area contributed by atoms with E-state index in [0.717, 1.165) is 50.8 Å². The van der Waals surface area contributed by atoms with Crippen molar-refractivity contribution in [2.75, 3.05) is 39.4 Å². The van der Waals surface area contributed by atoms with Crippen LogP contribution in [0.5, 0.6) is 0 Å². The van der Waals surface area contributed by atoms with Gasteiger partial charge in [-0.25, -0.2) is 4.99 Å². The van der Waals surface area contributed by atoms with E-state index in [-0.39, 0.29) is 10.6 Å². The number of likely N-dealkylation sites (N-methyl/N-ethyl adjacent to an activating group) is 1. The van der Waals surface area contributed by atoms with Gasteiger partial charge in [0.1, 0.15) is 0 Å². The van der Waals surface area contributed by atoms with Crippen molar-refractivity contribution < 1.29 is 9.66 Å². The van der Waals surface area contributed by atoms with E-state index in [4.69, 9.17) is 9.73 Å². The van der Waals surface area contributed by atoms with Crippen LogP contribution in [0.25, 0.3) is 0 Å². The highest BCUT2D eigenvalue weighted by molar-refractivity contribution is 5.79. The van der Waals surface area contributed by atoms with Crippen LogP contribution in [0.4, 0.5) is 5.69 Å². The van der Waals surface area contributed by atoms with E-state index >= 15 is 0 Å². The first kappa shape index (κ1) is 20.5. The van der Waals surface area contributed by atoms with E-state index in [1.807, 2.05) is 0 Å². The van der Waals surface area contributed by atoms with Crippen LogP contribution < -0.4 is 10.6 Å². The SMILES string of the molecule is CCN1CCCC1CNC(=NCc1ccc([N+](=O)[O-])cc1)NCC1CCOC1. The van der Waals surface area contributed by atoms with E-state index < -0.39 is 0 Å². The van der Waals surface area contributed by atoms with Gasteiger partial charge in [0.2, 0.25) is 0 Å². The molecule has 1 aromatic carbocycles. The summed E-state index contributed by atoms with van der Waals surface area (Å²) in [7, 11) is 0. The third-order valence-electron chi connectivity index (χ3n) is 5.56. The fourth-order valence-corrected chi connectivity index (χ4v) is 3.81. The molecule has 1 aromatic rings. The minimum atomic E-state index is -0.383. The summed E-state index contributed by atoms with van der Waals surface area (Å²) in [6.45, 7) is 8.29. The number of nitro benzene ring substituents is 1. The number of nitrogens with zero attached hydrogens (tertiary/aromatic N) is 3. The number of rotatable bonds is 8. The Morgan fingerprint density at radius 2 is 2.07 bits per heavy atom. The molecule has 8 nitrogen and oxygen atoms in total. The van der Waals surface area contributed by atoms with Crippen LogP contribution in [-0.4, -0.2) is 61.2 Å². The van der Waals surface area contributed by atoms with E-state index in [1.165, 1.54) is 31.5 Å². The van der Waals surface area contributed by atoms with Gasteiger partial charge in [0.25, 0.3) is 5.69 Å². The maximum Gasteiger partial charge on any atom is 0.269 e. The smallest absolute Gasteiger partial charge is 0.269 e. The molecule has 0 radical (unpaired) electrons. The summed E-state index contributed by atoms with van der Waals surface area (Å²) in [5.41, 5.74) is 1.05. The number of benzene rings is 1. The van der Waals surface area contributed by atoms with Gasteiger partial charge >= 0.3 is 0 Å². The van der Waals surface area contributed by atoms with Crippen molar-refractivity contribution in [3.63, 3.8) is 0 Å². The Bertz CT molecular complexity index is 658. The number of guanidine groups is 1. The predicted octanol–water partition coefficient (Wildman–Crippen LogP) is 2.15. The number of hydrogen-bond donors (Lipinski definition) is 2. The minimum absolute atomic E-state index is 0.103. The molecule has 0 amide bonds. The summed E-state index contributed by atoms with van der Waals surface area (Å²) >= 11 is 0. The molecule has 2 aliphatic rings. The van der Waals surface area contributed by atoms with Gasteiger partial charge in [-0.1, -0.05) is 19.1 Å². The van der Waals surface area contributed by atoms with Crippen molar-refractivity contribution >= 4 is 11.6 Å². The van der Waals surface area contributed by atoms with Gasteiger partial charge in [-0.2, -0.15) is 0 Å². The van der Waals surface area contributed by atoms with Crippen molar-refractivity contribution in [1.82, 2.24) is 15.5 Å². The first-order valence-electron chi connectivity index (χ1n) is 10.2. The molecule has 0 saturated carbocycles. The molecule has 0 spiro atoms. The van der Waals surface area contributed by atoms with Crippen LogP contribution >= 0.6 is 0 Å². The van der Waals surface area contributed by atoms with Gasteiger partial charge in [-0.05, 0) is 37.9 Å². The van der Waals surface area contributed by atoms with Gasteiger partial charge in [-0.15, -0.1) is 0 Å². The number of hydrogen-bond acceptors (Lipinski definition) is 5. The third-order valence-corrected chi connectivity index (χ3v) is 5.56. The lowest BCUT2D eigenvalue weighted by atomic mass is 10.1. The second-order valence-corrected chi connectivity index (χ2v) is 7.50. The molecule has 154 valence electrons. The third kappa shape index (κ3) is 5.90. The van der Waals surface area contributed by atoms with Crippen molar-refractivity contribution in [2.24, 2.45) is 10.9 Å². The zero-order valence-corrected chi connectivity index (χ0v) is 16.6. The summed E-state index contributed by atoms with van der Waals surface area (Å²) in [6.07, 6.45) is 3.55. The molecule has 2 heterocycles. The van der Waals surface area contributed by atoms with Gasteiger partial charge < -0.3 is 15.4 Å². The van der Waals surface area contributed by atoms with Crippen LogP contribution in [0.3, 0.4) is 0 Å². The van der Waals surface area contributed by atoms with Crippen LogP contribution in [0.2, 0.25) is 0 Å². The monoisotopic (exact) mass is 389 g/mol. The standard InChI is InChI=1S/C20H31N5O3/c1-2-24-10-3-4-19(24)14-23-20(22-13-17-9-11-28-15-17)21-12-16-5-7-18(8-6-16)25(26)27/h5-8,17,19H,2-4,9-15H2,1H3,(H2,21,22,23). The summed E-state index contributed by atoms with van der Waals surface area (Å²) in [5.74, 6) is 1.32. The summed E-state index contributed by atoms with van der Waals surface area (Å²) < 4.78 is 5.46. The van der Waals surface area contributed by atoms with Crippen molar-refractivity contribution in [3.8, 4) is 0 Å². The van der Waals surface area contributed by atoms with Gasteiger partial charge in [-0.3, -0.25) is 15.0 Å². The average Bonchev–Trinajstić information content (AvgIpc) is 3.39. The van der Waals surface area contributed by atoms with Crippen LogP contribution in [0.1, 0.15) is 31.7 Å². The molecule has 0 aliphatic carbocycles. The second-order valence-electron chi connectivity index (χ2n) is 7.50. The minimum Gasteiger partial charge on any atom is -0.381 e. The molecule has 2 N–H and O–H groups in total. The first-order valence-corrected chi connectivity index (χ1v) is 10.2. The molecule has 2 saturated heterocycles. The lowest BCUT2D eigenvalue weighted by Crippen LogP contribution is -2.46. The maximum atomic E-state index is 10.8. The molecule has 2 aliphatic heterocycles. The largest absolute Gasteiger partial charge is 0.381 e. The zero-order chi connectivity index (χ0) is 19.8. The van der Waals surface area contributed by atoms with Crippen LogP contribution in [-0.2, 0) is 11.3 Å². The van der Waals surface area contributed by atoms with Crippen LogP contribution in [0, 0.1) is 16.0 Å². The number of aliphatic imine (C=N–C) groups is 1. The number of nitrogens with one attached hydrogen (secondary N) is 2. The van der Waals surface area contributed by atoms with Gasteiger partial charge in [0, 0.05) is 43.8 Å². The molecule has 2 atom stereocenters. The Balaban J connectivity index is 1.58. The molecule has 2 unspecified atom stereocenters. The predicted molar refractivity (Wildman–Crippen MR) is 109 cm³/mol. The molecule has 0 bridgehead atoms. The summed E-state index contributed by atoms with van der Waals surface area (Å²) in [4.78, 5) is 17.6. The highest BCUT2D eigenvalue weighted by Gasteiger charge is 2.23. The van der Waals surface area contributed by atoms with Gasteiger partial charge in [0.05, 0.1) is 18.1 Å². The Hall–Kier alpha value is -2.19. The first-order chi connectivity index (χ1) is 13.7. The summed E-state index contributed by atoms with van der Waals surface area (Å²) in [5, 5.41) is 17.7. The average molecular weight is 390 g/mol. The summed E-state index contributed by atoms with van der Waals surface area (Å²) in [6, 6.07) is 7.13.